The predicted molar refractivity (Wildman–Crippen MR) is 117 cm³/mol. The van der Waals surface area contributed by atoms with Crippen molar-refractivity contribution in [1.82, 2.24) is 0 Å². The summed E-state index contributed by atoms with van der Waals surface area (Å²) in [6, 6.07) is 4.19. The fourth-order valence-electron chi connectivity index (χ4n) is 4.82. The molecule has 0 aromatic heterocycles. The molecule has 0 N–H and O–H groups in total. The monoisotopic (exact) mass is 389 g/mol. The number of hydrogen-bond acceptors (Lipinski definition) is 2. The fourth-order valence-corrected chi connectivity index (χ4v) is 7.24. The van der Waals surface area contributed by atoms with Gasteiger partial charge in [0.05, 0.1) is 7.80 Å². The van der Waals surface area contributed by atoms with Gasteiger partial charge in [-0.15, -0.1) is 0 Å². The average Bonchev–Trinajstić information content (AvgIpc) is 2.64. The SMILES string of the molecule is CCCCC(CC)C[P](=O)C1(C(=O)c2c(C)cc(C)cc2C)CCCCC1. The van der Waals surface area contributed by atoms with Crippen LogP contribution in [0.5, 0.6) is 0 Å². The van der Waals surface area contributed by atoms with E-state index in [0.717, 1.165) is 67.8 Å². The molecule has 1 saturated carbocycles. The summed E-state index contributed by atoms with van der Waals surface area (Å²) in [5.74, 6) is 0.657. The summed E-state index contributed by atoms with van der Waals surface area (Å²) < 4.78 is 13.7. The van der Waals surface area contributed by atoms with E-state index in [1.165, 1.54) is 18.4 Å². The Hall–Kier alpha value is -1.01. The van der Waals surface area contributed by atoms with Crippen LogP contribution in [0.2, 0.25) is 0 Å². The van der Waals surface area contributed by atoms with Gasteiger partial charge in [-0.2, -0.15) is 0 Å². The van der Waals surface area contributed by atoms with Gasteiger partial charge in [0, 0.05) is 11.7 Å². The van der Waals surface area contributed by atoms with Crippen LogP contribution in [0.3, 0.4) is 0 Å². The van der Waals surface area contributed by atoms with Gasteiger partial charge in [0.1, 0.15) is 5.16 Å². The van der Waals surface area contributed by atoms with Crippen LogP contribution in [0.25, 0.3) is 0 Å². The lowest BCUT2D eigenvalue weighted by Gasteiger charge is -2.36. The molecule has 1 aromatic carbocycles. The van der Waals surface area contributed by atoms with E-state index in [9.17, 15) is 9.36 Å². The number of unbranched alkanes of at least 4 members (excludes halogenated alkanes) is 1. The largest absolute Gasteiger partial charge is 0.293 e. The molecular formula is C24H38O2P. The van der Waals surface area contributed by atoms with Gasteiger partial charge >= 0.3 is 0 Å². The summed E-state index contributed by atoms with van der Waals surface area (Å²) in [5.41, 5.74) is 4.12. The summed E-state index contributed by atoms with van der Waals surface area (Å²) in [5, 5.41) is -0.627. The lowest BCUT2D eigenvalue weighted by molar-refractivity contribution is 0.0911. The van der Waals surface area contributed by atoms with E-state index in [-0.39, 0.29) is 5.78 Å². The maximum atomic E-state index is 13.8. The standard InChI is InChI=1S/C24H38O2P/c1-6-8-12-21(7-2)17-27(26)24(13-10-9-11-14-24)23(25)22-19(4)15-18(3)16-20(22)5/h15-16,21H,6-14,17H2,1-5H3. The molecule has 0 heterocycles. The zero-order chi connectivity index (χ0) is 20.0. The van der Waals surface area contributed by atoms with Crippen LogP contribution in [0, 0.1) is 26.7 Å². The molecule has 1 fully saturated rings. The molecule has 1 radical (unpaired) electrons. The zero-order valence-corrected chi connectivity index (χ0v) is 19.0. The van der Waals surface area contributed by atoms with E-state index < -0.39 is 13.0 Å². The van der Waals surface area contributed by atoms with Gasteiger partial charge in [0.25, 0.3) is 0 Å². The Kier molecular flexibility index (Phi) is 8.22. The molecule has 151 valence electrons. The Morgan fingerprint density at radius 2 is 1.67 bits per heavy atom. The number of Topliss-reactive ketones (excluding diaryl/α,β-unsaturated/α-hetero) is 1. The summed E-state index contributed by atoms with van der Waals surface area (Å²) >= 11 is 0. The Balaban J connectivity index is 2.36. The van der Waals surface area contributed by atoms with Crippen molar-refractivity contribution in [2.45, 2.75) is 97.6 Å². The number of carbonyl (C=O) groups is 1. The highest BCUT2D eigenvalue weighted by Gasteiger charge is 2.46. The molecule has 0 amide bonds. The van der Waals surface area contributed by atoms with Crippen LogP contribution in [0.1, 0.15) is 98.7 Å². The van der Waals surface area contributed by atoms with Crippen LogP contribution in [0.15, 0.2) is 12.1 Å². The minimum absolute atomic E-state index is 0.170. The number of hydrogen-bond donors (Lipinski definition) is 0. The normalized spacial score (nSPS) is 18.2. The lowest BCUT2D eigenvalue weighted by atomic mass is 9.80. The highest BCUT2D eigenvalue weighted by Crippen LogP contribution is 2.52. The second-order valence-corrected chi connectivity index (χ2v) is 10.7. The smallest absolute Gasteiger partial charge is 0.180 e. The molecule has 1 aliphatic rings. The maximum absolute atomic E-state index is 13.8. The van der Waals surface area contributed by atoms with Gasteiger partial charge in [0.2, 0.25) is 0 Å². The van der Waals surface area contributed by atoms with E-state index in [0.29, 0.717) is 5.92 Å². The molecular weight excluding hydrogens is 351 g/mol. The summed E-state index contributed by atoms with van der Waals surface area (Å²) in [6.45, 7) is 10.6. The highest BCUT2D eigenvalue weighted by molar-refractivity contribution is 7.48. The Labute approximate surface area is 167 Å². The Morgan fingerprint density at radius 3 is 2.19 bits per heavy atom. The quantitative estimate of drug-likeness (QED) is 0.323. The minimum atomic E-state index is -1.54. The van der Waals surface area contributed by atoms with Crippen LogP contribution in [-0.4, -0.2) is 17.1 Å². The van der Waals surface area contributed by atoms with Crippen molar-refractivity contribution in [1.29, 1.82) is 0 Å². The van der Waals surface area contributed by atoms with Gasteiger partial charge in [-0.05, 0) is 57.1 Å². The van der Waals surface area contributed by atoms with Crippen molar-refractivity contribution >= 4 is 13.6 Å². The molecule has 0 aliphatic heterocycles. The first kappa shape index (κ1) is 22.3. The second-order valence-electron chi connectivity index (χ2n) is 8.67. The van der Waals surface area contributed by atoms with Crippen molar-refractivity contribution in [3.8, 4) is 0 Å². The number of rotatable bonds is 9. The fraction of sp³-hybridized carbons (Fsp3) is 0.708. The molecule has 3 heteroatoms. The molecule has 27 heavy (non-hydrogen) atoms. The van der Waals surface area contributed by atoms with E-state index >= 15 is 0 Å². The molecule has 1 aromatic rings. The summed E-state index contributed by atoms with van der Waals surface area (Å²) in [7, 11) is -1.54. The van der Waals surface area contributed by atoms with Crippen LogP contribution >= 0.6 is 7.80 Å². The van der Waals surface area contributed by atoms with E-state index in [2.05, 4.69) is 32.9 Å². The van der Waals surface area contributed by atoms with E-state index in [4.69, 9.17) is 0 Å². The minimum Gasteiger partial charge on any atom is -0.293 e. The number of benzene rings is 1. The average molecular weight is 390 g/mol. The van der Waals surface area contributed by atoms with Crippen LogP contribution in [-0.2, 0) is 4.57 Å². The van der Waals surface area contributed by atoms with E-state index in [1.54, 1.807) is 0 Å². The molecule has 1 aliphatic carbocycles. The topological polar surface area (TPSA) is 34.1 Å². The number of aryl methyl sites for hydroxylation is 3. The van der Waals surface area contributed by atoms with Crippen LogP contribution in [0.4, 0.5) is 0 Å². The lowest BCUT2D eigenvalue weighted by Crippen LogP contribution is -2.39. The third-order valence-electron chi connectivity index (χ3n) is 6.45. The first-order valence-corrected chi connectivity index (χ1v) is 12.4. The number of ketones is 1. The summed E-state index contributed by atoms with van der Waals surface area (Å²) in [6.07, 6.45) is 10.1. The van der Waals surface area contributed by atoms with Gasteiger partial charge in [-0.3, -0.25) is 9.36 Å². The molecule has 0 saturated heterocycles. The van der Waals surface area contributed by atoms with Crippen molar-refractivity contribution < 1.29 is 9.36 Å². The molecule has 0 spiro atoms. The highest BCUT2D eigenvalue weighted by atomic mass is 31.1. The Morgan fingerprint density at radius 1 is 1.07 bits per heavy atom. The van der Waals surface area contributed by atoms with Crippen LogP contribution < -0.4 is 0 Å². The Bertz CT molecular complexity index is 648. The second kappa shape index (κ2) is 9.97. The van der Waals surface area contributed by atoms with Crippen molar-refractivity contribution in [3.05, 3.63) is 34.4 Å². The third kappa shape index (κ3) is 5.08. The molecule has 2 unspecified atom stereocenters. The molecule has 2 rings (SSSR count). The zero-order valence-electron chi connectivity index (χ0n) is 18.1. The van der Waals surface area contributed by atoms with Gasteiger partial charge in [-0.25, -0.2) is 0 Å². The molecule has 2 nitrogen and oxygen atoms in total. The molecule has 0 bridgehead atoms. The predicted octanol–water partition coefficient (Wildman–Crippen LogP) is 7.54. The number of carbonyl (C=O) groups excluding carboxylic acids is 1. The molecule has 2 atom stereocenters. The first-order chi connectivity index (χ1) is 12.9. The first-order valence-electron chi connectivity index (χ1n) is 10.9. The van der Waals surface area contributed by atoms with Crippen molar-refractivity contribution in [2.24, 2.45) is 5.92 Å². The third-order valence-corrected chi connectivity index (χ3v) is 8.91. The maximum Gasteiger partial charge on any atom is 0.180 e. The van der Waals surface area contributed by atoms with Gasteiger partial charge in [-0.1, -0.05) is 70.1 Å². The summed E-state index contributed by atoms with van der Waals surface area (Å²) in [4.78, 5) is 13.8. The van der Waals surface area contributed by atoms with Crippen molar-refractivity contribution in [2.75, 3.05) is 6.16 Å². The van der Waals surface area contributed by atoms with Gasteiger partial charge in [0.15, 0.2) is 5.78 Å². The van der Waals surface area contributed by atoms with E-state index in [1.807, 2.05) is 13.8 Å². The van der Waals surface area contributed by atoms with Crippen molar-refractivity contribution in [3.63, 3.8) is 0 Å². The van der Waals surface area contributed by atoms with Gasteiger partial charge < -0.3 is 0 Å².